The molecule has 0 amide bonds. The molecular formula is C15H27F3N2. The lowest BCUT2D eigenvalue weighted by molar-refractivity contribution is -0.127. The van der Waals surface area contributed by atoms with Crippen LogP contribution in [0, 0.1) is 11.8 Å². The third kappa shape index (κ3) is 4.92. The Morgan fingerprint density at radius 2 is 1.95 bits per heavy atom. The number of halogens is 3. The number of rotatable bonds is 6. The van der Waals surface area contributed by atoms with Crippen molar-refractivity contribution in [3.63, 3.8) is 0 Å². The fourth-order valence-corrected chi connectivity index (χ4v) is 3.48. The summed E-state index contributed by atoms with van der Waals surface area (Å²) >= 11 is 0. The van der Waals surface area contributed by atoms with Crippen molar-refractivity contribution in [1.29, 1.82) is 0 Å². The number of likely N-dealkylation sites (tertiary alicyclic amines) is 1. The minimum atomic E-state index is -4.11. The van der Waals surface area contributed by atoms with Gasteiger partial charge in [0.25, 0.3) is 0 Å². The molecule has 0 aromatic rings. The topological polar surface area (TPSA) is 15.3 Å². The van der Waals surface area contributed by atoms with Crippen LogP contribution in [0.3, 0.4) is 0 Å². The fraction of sp³-hybridized carbons (Fsp3) is 1.00. The molecule has 2 aliphatic rings. The third-order valence-electron chi connectivity index (χ3n) is 4.73. The fourth-order valence-electron chi connectivity index (χ4n) is 3.48. The van der Waals surface area contributed by atoms with E-state index in [2.05, 4.69) is 24.1 Å². The number of hydrogen-bond acceptors (Lipinski definition) is 2. The van der Waals surface area contributed by atoms with E-state index >= 15 is 0 Å². The largest absolute Gasteiger partial charge is 0.401 e. The maximum atomic E-state index is 12.4. The van der Waals surface area contributed by atoms with Gasteiger partial charge < -0.3 is 5.32 Å². The van der Waals surface area contributed by atoms with Gasteiger partial charge in [-0.2, -0.15) is 13.2 Å². The first-order valence-corrected chi connectivity index (χ1v) is 7.93. The summed E-state index contributed by atoms with van der Waals surface area (Å²) in [4.78, 5) is 2.43. The van der Waals surface area contributed by atoms with E-state index in [0.29, 0.717) is 12.0 Å². The third-order valence-corrected chi connectivity index (χ3v) is 4.73. The standard InChI is InChI=1S/C15H27F3N2/c1-3-4-12-7-14(19-10-15(16,17)18)9-20(8-12)11(2)13-5-6-13/h11-14,19H,3-10H2,1-2H3. The minimum Gasteiger partial charge on any atom is -0.305 e. The van der Waals surface area contributed by atoms with Crippen molar-refractivity contribution in [3.8, 4) is 0 Å². The maximum absolute atomic E-state index is 12.4. The van der Waals surface area contributed by atoms with Crippen LogP contribution >= 0.6 is 0 Å². The highest BCUT2D eigenvalue weighted by molar-refractivity contribution is 4.91. The van der Waals surface area contributed by atoms with Crippen LogP contribution in [-0.2, 0) is 0 Å². The second-order valence-electron chi connectivity index (χ2n) is 6.62. The molecule has 3 atom stereocenters. The van der Waals surface area contributed by atoms with Crippen molar-refractivity contribution in [3.05, 3.63) is 0 Å². The monoisotopic (exact) mass is 292 g/mol. The minimum absolute atomic E-state index is 0.0110. The Balaban J connectivity index is 1.89. The second kappa shape index (κ2) is 6.65. The number of nitrogens with zero attached hydrogens (tertiary/aromatic N) is 1. The molecule has 1 saturated carbocycles. The predicted octanol–water partition coefficient (Wildman–Crippen LogP) is 3.43. The molecule has 0 bridgehead atoms. The molecule has 3 unspecified atom stereocenters. The highest BCUT2D eigenvalue weighted by Gasteiger charge is 2.37. The Kier molecular flexibility index (Phi) is 5.35. The molecule has 1 aliphatic carbocycles. The van der Waals surface area contributed by atoms with Crippen molar-refractivity contribution in [2.75, 3.05) is 19.6 Å². The number of hydrogen-bond donors (Lipinski definition) is 1. The van der Waals surface area contributed by atoms with Crippen molar-refractivity contribution < 1.29 is 13.2 Å². The first-order valence-electron chi connectivity index (χ1n) is 7.93. The summed E-state index contributed by atoms with van der Waals surface area (Å²) in [5.74, 6) is 1.32. The summed E-state index contributed by atoms with van der Waals surface area (Å²) in [7, 11) is 0. The predicted molar refractivity (Wildman–Crippen MR) is 74.6 cm³/mol. The molecule has 1 saturated heterocycles. The Bertz CT molecular complexity index is 302. The molecule has 2 nitrogen and oxygen atoms in total. The van der Waals surface area contributed by atoms with Gasteiger partial charge in [0.15, 0.2) is 0 Å². The smallest absolute Gasteiger partial charge is 0.305 e. The van der Waals surface area contributed by atoms with Crippen LogP contribution < -0.4 is 5.32 Å². The lowest BCUT2D eigenvalue weighted by Gasteiger charge is -2.41. The van der Waals surface area contributed by atoms with Gasteiger partial charge in [-0.25, -0.2) is 0 Å². The van der Waals surface area contributed by atoms with Gasteiger partial charge in [-0.3, -0.25) is 4.90 Å². The average molecular weight is 292 g/mol. The number of alkyl halides is 3. The molecule has 2 rings (SSSR count). The normalized spacial score (nSPS) is 30.4. The van der Waals surface area contributed by atoms with E-state index in [4.69, 9.17) is 0 Å². The lowest BCUT2D eigenvalue weighted by Crippen LogP contribution is -2.53. The molecule has 2 fully saturated rings. The van der Waals surface area contributed by atoms with Crippen molar-refractivity contribution in [1.82, 2.24) is 10.2 Å². The molecule has 0 aromatic heterocycles. The Labute approximate surface area is 120 Å². The zero-order chi connectivity index (χ0) is 14.8. The zero-order valence-electron chi connectivity index (χ0n) is 12.5. The molecule has 0 radical (unpaired) electrons. The highest BCUT2D eigenvalue weighted by atomic mass is 19.4. The first-order chi connectivity index (χ1) is 9.39. The van der Waals surface area contributed by atoms with Crippen LogP contribution in [0.5, 0.6) is 0 Å². The molecule has 5 heteroatoms. The van der Waals surface area contributed by atoms with Crippen LogP contribution in [0.1, 0.15) is 46.0 Å². The molecule has 118 valence electrons. The van der Waals surface area contributed by atoms with Gasteiger partial charge in [-0.15, -0.1) is 0 Å². The average Bonchev–Trinajstić information content (AvgIpc) is 3.19. The van der Waals surface area contributed by atoms with E-state index in [9.17, 15) is 13.2 Å². The van der Waals surface area contributed by atoms with Gasteiger partial charge >= 0.3 is 6.18 Å². The van der Waals surface area contributed by atoms with Crippen molar-refractivity contribution in [2.45, 2.75) is 64.2 Å². The van der Waals surface area contributed by atoms with Crippen molar-refractivity contribution in [2.24, 2.45) is 11.8 Å². The molecule has 0 spiro atoms. The number of nitrogens with one attached hydrogen (secondary N) is 1. The molecule has 0 aromatic carbocycles. The van der Waals surface area contributed by atoms with Gasteiger partial charge in [0, 0.05) is 25.2 Å². The van der Waals surface area contributed by atoms with Crippen LogP contribution in [0.2, 0.25) is 0 Å². The van der Waals surface area contributed by atoms with Crippen LogP contribution in [0.15, 0.2) is 0 Å². The summed E-state index contributed by atoms with van der Waals surface area (Å²) in [5, 5.41) is 2.73. The lowest BCUT2D eigenvalue weighted by atomic mass is 9.89. The van der Waals surface area contributed by atoms with Crippen LogP contribution in [0.4, 0.5) is 13.2 Å². The molecular weight excluding hydrogens is 265 g/mol. The van der Waals surface area contributed by atoms with Crippen molar-refractivity contribution >= 4 is 0 Å². The van der Waals surface area contributed by atoms with E-state index in [1.54, 1.807) is 0 Å². The van der Waals surface area contributed by atoms with Crippen LogP contribution in [0.25, 0.3) is 0 Å². The maximum Gasteiger partial charge on any atom is 0.401 e. The Morgan fingerprint density at radius 1 is 1.25 bits per heavy atom. The van der Waals surface area contributed by atoms with Gasteiger partial charge in [0.1, 0.15) is 0 Å². The van der Waals surface area contributed by atoms with Gasteiger partial charge in [-0.05, 0) is 44.4 Å². The summed E-state index contributed by atoms with van der Waals surface area (Å²) in [6.07, 6.45) is 1.59. The van der Waals surface area contributed by atoms with E-state index in [-0.39, 0.29) is 6.04 Å². The SMILES string of the molecule is CCCC1CC(NCC(F)(F)F)CN(C(C)C2CC2)C1. The summed E-state index contributed by atoms with van der Waals surface area (Å²) < 4.78 is 37.1. The zero-order valence-corrected chi connectivity index (χ0v) is 12.5. The van der Waals surface area contributed by atoms with E-state index in [1.165, 1.54) is 12.8 Å². The van der Waals surface area contributed by atoms with Gasteiger partial charge in [-0.1, -0.05) is 13.3 Å². The molecule has 1 aliphatic heterocycles. The summed E-state index contributed by atoms with van der Waals surface area (Å²) in [6, 6.07) is 0.521. The van der Waals surface area contributed by atoms with Crippen LogP contribution in [-0.4, -0.2) is 42.8 Å². The highest BCUT2D eigenvalue weighted by Crippen LogP contribution is 2.37. The molecule has 20 heavy (non-hydrogen) atoms. The first kappa shape index (κ1) is 16.1. The Morgan fingerprint density at radius 3 is 2.50 bits per heavy atom. The summed E-state index contributed by atoms with van der Waals surface area (Å²) in [6.45, 7) is 5.38. The van der Waals surface area contributed by atoms with E-state index < -0.39 is 12.7 Å². The second-order valence-corrected chi connectivity index (χ2v) is 6.62. The van der Waals surface area contributed by atoms with Gasteiger partial charge in [0.05, 0.1) is 6.54 Å². The Hall–Kier alpha value is -0.290. The summed E-state index contributed by atoms with van der Waals surface area (Å²) in [5.41, 5.74) is 0. The quantitative estimate of drug-likeness (QED) is 0.807. The van der Waals surface area contributed by atoms with E-state index in [1.807, 2.05) is 0 Å². The molecule has 1 heterocycles. The molecule has 1 N–H and O–H groups in total. The van der Waals surface area contributed by atoms with E-state index in [0.717, 1.165) is 38.3 Å². The number of piperidine rings is 1. The van der Waals surface area contributed by atoms with Gasteiger partial charge in [0.2, 0.25) is 0 Å².